The molecule has 3 aromatic carbocycles. The van der Waals surface area contributed by atoms with Crippen LogP contribution in [0.5, 0.6) is 5.75 Å². The van der Waals surface area contributed by atoms with Gasteiger partial charge in [-0.1, -0.05) is 36.4 Å². The van der Waals surface area contributed by atoms with E-state index in [0.29, 0.717) is 17.9 Å². The number of fused-ring (bicyclic) bond motifs is 1. The molecule has 1 atom stereocenters. The molecule has 1 aliphatic rings. The highest BCUT2D eigenvalue weighted by atomic mass is 16.5. The molecular formula is C25H26N2O3. The Morgan fingerprint density at radius 3 is 2.33 bits per heavy atom. The molecule has 2 N–H and O–H groups in total. The van der Waals surface area contributed by atoms with Crippen LogP contribution in [0.3, 0.4) is 0 Å². The maximum absolute atomic E-state index is 13.1. The lowest BCUT2D eigenvalue weighted by molar-refractivity contribution is -0.117. The van der Waals surface area contributed by atoms with Gasteiger partial charge in [0.1, 0.15) is 5.75 Å². The molecule has 0 saturated heterocycles. The SMILES string of the molecule is CCOc1ccc(C(C)NC(=O)c2cc3ccccc3cc2NC(=O)C2CC2)cc1. The Balaban J connectivity index is 1.58. The van der Waals surface area contributed by atoms with E-state index < -0.39 is 0 Å². The van der Waals surface area contributed by atoms with Crippen molar-refractivity contribution in [1.29, 1.82) is 0 Å². The Kier molecular flexibility index (Phi) is 5.70. The summed E-state index contributed by atoms with van der Waals surface area (Å²) in [5.41, 5.74) is 2.01. The molecule has 1 aliphatic carbocycles. The summed E-state index contributed by atoms with van der Waals surface area (Å²) in [6.07, 6.45) is 1.82. The van der Waals surface area contributed by atoms with E-state index in [1.54, 1.807) is 0 Å². The quantitative estimate of drug-likeness (QED) is 0.579. The van der Waals surface area contributed by atoms with Crippen molar-refractivity contribution in [2.75, 3.05) is 11.9 Å². The molecule has 0 aliphatic heterocycles. The molecule has 3 aromatic rings. The zero-order chi connectivity index (χ0) is 21.1. The number of hydrogen-bond donors (Lipinski definition) is 2. The van der Waals surface area contributed by atoms with Crippen LogP contribution in [0.15, 0.2) is 60.7 Å². The molecule has 4 rings (SSSR count). The molecule has 0 heterocycles. The first-order valence-corrected chi connectivity index (χ1v) is 10.4. The predicted molar refractivity (Wildman–Crippen MR) is 119 cm³/mol. The van der Waals surface area contributed by atoms with E-state index in [0.717, 1.165) is 34.9 Å². The molecule has 30 heavy (non-hydrogen) atoms. The number of amides is 2. The Morgan fingerprint density at radius 2 is 1.70 bits per heavy atom. The van der Waals surface area contributed by atoms with Crippen molar-refractivity contribution in [2.45, 2.75) is 32.7 Å². The molecule has 5 nitrogen and oxygen atoms in total. The summed E-state index contributed by atoms with van der Waals surface area (Å²) < 4.78 is 5.48. The van der Waals surface area contributed by atoms with Gasteiger partial charge < -0.3 is 15.4 Å². The molecule has 1 unspecified atom stereocenters. The third-order valence-corrected chi connectivity index (χ3v) is 5.38. The molecule has 0 bridgehead atoms. The van der Waals surface area contributed by atoms with Crippen molar-refractivity contribution in [3.63, 3.8) is 0 Å². The van der Waals surface area contributed by atoms with Gasteiger partial charge in [-0.3, -0.25) is 9.59 Å². The van der Waals surface area contributed by atoms with Crippen molar-refractivity contribution >= 4 is 28.3 Å². The highest BCUT2D eigenvalue weighted by Crippen LogP contribution is 2.32. The first-order valence-electron chi connectivity index (χ1n) is 10.4. The number of rotatable bonds is 7. The fourth-order valence-electron chi connectivity index (χ4n) is 3.49. The summed E-state index contributed by atoms with van der Waals surface area (Å²) >= 11 is 0. The minimum Gasteiger partial charge on any atom is -0.494 e. The normalized spacial score (nSPS) is 14.2. The van der Waals surface area contributed by atoms with Crippen molar-refractivity contribution in [3.8, 4) is 5.75 Å². The summed E-state index contributed by atoms with van der Waals surface area (Å²) in [5, 5.41) is 7.96. The Labute approximate surface area is 176 Å². The summed E-state index contributed by atoms with van der Waals surface area (Å²) in [6, 6.07) is 19.1. The lowest BCUT2D eigenvalue weighted by Gasteiger charge is -2.18. The minimum atomic E-state index is -0.215. The first-order chi connectivity index (χ1) is 14.5. The van der Waals surface area contributed by atoms with Crippen LogP contribution in [-0.2, 0) is 4.79 Å². The van der Waals surface area contributed by atoms with Crippen LogP contribution in [0.25, 0.3) is 10.8 Å². The number of hydrogen-bond acceptors (Lipinski definition) is 3. The fraction of sp³-hybridized carbons (Fsp3) is 0.280. The summed E-state index contributed by atoms with van der Waals surface area (Å²) in [6.45, 7) is 4.50. The molecule has 1 saturated carbocycles. The largest absolute Gasteiger partial charge is 0.494 e. The van der Waals surface area contributed by atoms with E-state index in [1.807, 2.05) is 74.5 Å². The highest BCUT2D eigenvalue weighted by Gasteiger charge is 2.30. The standard InChI is InChI=1S/C25H26N2O3/c1-3-30-21-12-10-17(11-13-21)16(2)26-25(29)22-14-19-6-4-5-7-20(19)15-23(22)27-24(28)18-8-9-18/h4-7,10-16,18H,3,8-9H2,1-2H3,(H,26,29)(H,27,28). The lowest BCUT2D eigenvalue weighted by Crippen LogP contribution is -2.28. The van der Waals surface area contributed by atoms with Crippen LogP contribution in [-0.4, -0.2) is 18.4 Å². The number of nitrogens with one attached hydrogen (secondary N) is 2. The van der Waals surface area contributed by atoms with Gasteiger partial charge in [-0.2, -0.15) is 0 Å². The van der Waals surface area contributed by atoms with Crippen molar-refractivity contribution in [2.24, 2.45) is 5.92 Å². The smallest absolute Gasteiger partial charge is 0.253 e. The monoisotopic (exact) mass is 402 g/mol. The highest BCUT2D eigenvalue weighted by molar-refractivity contribution is 6.08. The molecule has 0 aromatic heterocycles. The number of anilines is 1. The van der Waals surface area contributed by atoms with Gasteiger partial charge in [-0.05, 0) is 67.3 Å². The minimum absolute atomic E-state index is 0.0149. The number of benzene rings is 3. The average molecular weight is 402 g/mol. The van der Waals surface area contributed by atoms with E-state index in [4.69, 9.17) is 4.74 Å². The van der Waals surface area contributed by atoms with Gasteiger partial charge in [-0.15, -0.1) is 0 Å². The van der Waals surface area contributed by atoms with E-state index in [-0.39, 0.29) is 23.8 Å². The van der Waals surface area contributed by atoms with Gasteiger partial charge >= 0.3 is 0 Å². The molecule has 5 heteroatoms. The van der Waals surface area contributed by atoms with Crippen molar-refractivity contribution in [3.05, 3.63) is 71.8 Å². The summed E-state index contributed by atoms with van der Waals surface area (Å²) in [7, 11) is 0. The first kappa shape index (κ1) is 20.0. The zero-order valence-electron chi connectivity index (χ0n) is 17.3. The lowest BCUT2D eigenvalue weighted by atomic mass is 10.0. The molecule has 154 valence electrons. The van der Waals surface area contributed by atoms with Gasteiger partial charge in [0.05, 0.1) is 23.9 Å². The second-order valence-electron chi connectivity index (χ2n) is 7.71. The average Bonchev–Trinajstić information content (AvgIpc) is 3.59. The maximum Gasteiger partial charge on any atom is 0.253 e. The maximum atomic E-state index is 13.1. The number of carbonyl (C=O) groups is 2. The summed E-state index contributed by atoms with van der Waals surface area (Å²) in [4.78, 5) is 25.5. The fourth-order valence-corrected chi connectivity index (χ4v) is 3.49. The Hall–Kier alpha value is -3.34. The van der Waals surface area contributed by atoms with Gasteiger partial charge in [0.25, 0.3) is 5.91 Å². The van der Waals surface area contributed by atoms with Crippen LogP contribution < -0.4 is 15.4 Å². The molecule has 2 amide bonds. The van der Waals surface area contributed by atoms with Crippen molar-refractivity contribution < 1.29 is 14.3 Å². The Bertz CT molecular complexity index is 1070. The van der Waals surface area contributed by atoms with E-state index in [2.05, 4.69) is 10.6 Å². The second kappa shape index (κ2) is 8.57. The Morgan fingerprint density at radius 1 is 1.03 bits per heavy atom. The van der Waals surface area contributed by atoms with E-state index in [1.165, 1.54) is 0 Å². The van der Waals surface area contributed by atoms with E-state index in [9.17, 15) is 9.59 Å². The summed E-state index contributed by atoms with van der Waals surface area (Å²) in [5.74, 6) is 0.640. The van der Waals surface area contributed by atoms with Crippen LogP contribution >= 0.6 is 0 Å². The van der Waals surface area contributed by atoms with Crippen molar-refractivity contribution in [1.82, 2.24) is 5.32 Å². The van der Waals surface area contributed by atoms with Gasteiger partial charge in [0, 0.05) is 5.92 Å². The van der Waals surface area contributed by atoms with Crippen LogP contribution in [0.1, 0.15) is 48.7 Å². The van der Waals surface area contributed by atoms with Crippen LogP contribution in [0.4, 0.5) is 5.69 Å². The molecule has 0 spiro atoms. The van der Waals surface area contributed by atoms with Gasteiger partial charge in [-0.25, -0.2) is 0 Å². The van der Waals surface area contributed by atoms with Crippen LogP contribution in [0.2, 0.25) is 0 Å². The third-order valence-electron chi connectivity index (χ3n) is 5.38. The molecule has 1 fully saturated rings. The van der Waals surface area contributed by atoms with Gasteiger partial charge in [0.15, 0.2) is 0 Å². The predicted octanol–water partition coefficient (Wildman–Crippen LogP) is 5.08. The van der Waals surface area contributed by atoms with Crippen LogP contribution in [0, 0.1) is 5.92 Å². The second-order valence-corrected chi connectivity index (χ2v) is 7.71. The number of ether oxygens (including phenoxy) is 1. The topological polar surface area (TPSA) is 67.4 Å². The van der Waals surface area contributed by atoms with E-state index >= 15 is 0 Å². The molecular weight excluding hydrogens is 376 g/mol. The third kappa shape index (κ3) is 4.46. The van der Waals surface area contributed by atoms with Gasteiger partial charge in [0.2, 0.25) is 5.91 Å². The molecule has 0 radical (unpaired) electrons. The number of carbonyl (C=O) groups excluding carboxylic acids is 2. The zero-order valence-corrected chi connectivity index (χ0v) is 17.3.